The number of hydrogen-bond acceptors (Lipinski definition) is 2. The second kappa shape index (κ2) is 15.4. The molecule has 0 aliphatic carbocycles. The molecule has 24 heavy (non-hydrogen) atoms. The van der Waals surface area contributed by atoms with Gasteiger partial charge < -0.3 is 0 Å². The maximum Gasteiger partial charge on any atom is 0.0866 e. The fraction of sp³-hybridized carbons (Fsp3) is 0.591. The fourth-order valence-electron chi connectivity index (χ4n) is 2.60. The molecule has 1 atom stereocenters. The van der Waals surface area contributed by atoms with E-state index in [1.807, 2.05) is 0 Å². The summed E-state index contributed by atoms with van der Waals surface area (Å²) in [6, 6.07) is 0. The largest absolute Gasteiger partial charge is 0.298 e. The van der Waals surface area contributed by atoms with Gasteiger partial charge in [-0.05, 0) is 72.6 Å². The van der Waals surface area contributed by atoms with Gasteiger partial charge in [-0.15, -0.1) is 0 Å². The molecule has 0 rings (SSSR count). The summed E-state index contributed by atoms with van der Waals surface area (Å²) in [6.45, 7) is 15.9. The number of allylic oxidation sites excluding steroid dienone is 7. The van der Waals surface area contributed by atoms with Crippen LogP contribution in [0, 0.1) is 12.8 Å². The Balaban J connectivity index is 3.98. The monoisotopic (exact) mass is 332 g/mol. The second-order valence-corrected chi connectivity index (χ2v) is 6.64. The molecule has 0 aliphatic rings. The van der Waals surface area contributed by atoms with Gasteiger partial charge in [0.05, 0.1) is 6.61 Å². The SMILES string of the molecule is [CH2]CNOCC=C(C)CCC=C(C)CCC=C(C)CC(C)C=CC. The summed E-state index contributed by atoms with van der Waals surface area (Å²) in [5.41, 5.74) is 7.12. The molecule has 0 aromatic heterocycles. The van der Waals surface area contributed by atoms with E-state index in [0.29, 0.717) is 19.1 Å². The maximum absolute atomic E-state index is 5.18. The van der Waals surface area contributed by atoms with Crippen molar-refractivity contribution in [2.75, 3.05) is 13.2 Å². The normalized spacial score (nSPS) is 15.3. The average molecular weight is 333 g/mol. The first-order chi connectivity index (χ1) is 11.5. The third-order valence-corrected chi connectivity index (χ3v) is 3.95. The van der Waals surface area contributed by atoms with Gasteiger partial charge in [-0.3, -0.25) is 4.84 Å². The molecule has 0 spiro atoms. The molecule has 0 aliphatic heterocycles. The van der Waals surface area contributed by atoms with Crippen molar-refractivity contribution >= 4 is 0 Å². The average Bonchev–Trinajstić information content (AvgIpc) is 2.51. The quantitative estimate of drug-likeness (QED) is 0.241. The Morgan fingerprint density at radius 1 is 1.00 bits per heavy atom. The fourth-order valence-corrected chi connectivity index (χ4v) is 2.60. The lowest BCUT2D eigenvalue weighted by atomic mass is 10.00. The van der Waals surface area contributed by atoms with Crippen molar-refractivity contribution in [1.82, 2.24) is 5.48 Å². The van der Waals surface area contributed by atoms with Gasteiger partial charge in [0.2, 0.25) is 0 Å². The molecule has 0 aromatic rings. The van der Waals surface area contributed by atoms with Crippen LogP contribution < -0.4 is 5.48 Å². The Morgan fingerprint density at radius 2 is 1.58 bits per heavy atom. The van der Waals surface area contributed by atoms with Gasteiger partial charge in [-0.2, -0.15) is 0 Å². The Bertz CT molecular complexity index is 429. The van der Waals surface area contributed by atoms with E-state index in [4.69, 9.17) is 4.84 Å². The second-order valence-electron chi connectivity index (χ2n) is 6.64. The van der Waals surface area contributed by atoms with Crippen molar-refractivity contribution in [3.8, 4) is 0 Å². The highest BCUT2D eigenvalue weighted by atomic mass is 16.6. The van der Waals surface area contributed by atoms with Crippen LogP contribution in [0.4, 0.5) is 0 Å². The number of hydrogen-bond donors (Lipinski definition) is 1. The summed E-state index contributed by atoms with van der Waals surface area (Å²) in [6.07, 6.45) is 17.0. The van der Waals surface area contributed by atoms with Crippen molar-refractivity contribution in [3.63, 3.8) is 0 Å². The Kier molecular flexibility index (Phi) is 14.7. The van der Waals surface area contributed by atoms with Crippen LogP contribution in [0.1, 0.15) is 66.7 Å². The summed E-state index contributed by atoms with van der Waals surface area (Å²) >= 11 is 0. The predicted molar refractivity (Wildman–Crippen MR) is 108 cm³/mol. The number of hydroxylamine groups is 1. The Hall–Kier alpha value is -1.12. The van der Waals surface area contributed by atoms with Gasteiger partial charge in [0.1, 0.15) is 0 Å². The van der Waals surface area contributed by atoms with Crippen molar-refractivity contribution in [3.05, 3.63) is 54.0 Å². The molecule has 2 heteroatoms. The minimum Gasteiger partial charge on any atom is -0.298 e. The predicted octanol–water partition coefficient (Wildman–Crippen LogP) is 6.34. The molecule has 1 unspecified atom stereocenters. The summed E-state index contributed by atoms with van der Waals surface area (Å²) in [7, 11) is 0. The summed E-state index contributed by atoms with van der Waals surface area (Å²) in [5.74, 6) is 0.644. The van der Waals surface area contributed by atoms with Gasteiger partial charge in [-0.1, -0.05) is 54.0 Å². The minimum atomic E-state index is 0.594. The zero-order valence-corrected chi connectivity index (χ0v) is 16.5. The lowest BCUT2D eigenvalue weighted by Gasteiger charge is -2.06. The maximum atomic E-state index is 5.18. The van der Waals surface area contributed by atoms with Gasteiger partial charge in [0.15, 0.2) is 0 Å². The molecule has 0 saturated carbocycles. The number of rotatable bonds is 13. The van der Waals surface area contributed by atoms with Crippen LogP contribution in [0.3, 0.4) is 0 Å². The molecule has 137 valence electrons. The Morgan fingerprint density at radius 3 is 2.17 bits per heavy atom. The van der Waals surface area contributed by atoms with Gasteiger partial charge >= 0.3 is 0 Å². The zero-order chi connectivity index (χ0) is 18.2. The molecule has 0 bridgehead atoms. The van der Waals surface area contributed by atoms with Crippen LogP contribution >= 0.6 is 0 Å². The third-order valence-electron chi connectivity index (χ3n) is 3.95. The molecular formula is C22H38NO. The molecule has 0 heterocycles. The third kappa shape index (κ3) is 14.5. The zero-order valence-electron chi connectivity index (χ0n) is 16.5. The van der Waals surface area contributed by atoms with E-state index in [1.165, 1.54) is 23.1 Å². The van der Waals surface area contributed by atoms with Crippen molar-refractivity contribution in [1.29, 1.82) is 0 Å². The molecule has 0 fully saturated rings. The minimum absolute atomic E-state index is 0.594. The number of nitrogens with one attached hydrogen (secondary N) is 1. The smallest absolute Gasteiger partial charge is 0.0866 e. The molecule has 1 N–H and O–H groups in total. The van der Waals surface area contributed by atoms with E-state index in [2.05, 4.69) is 77.4 Å². The Labute approximate surface area is 150 Å². The first kappa shape index (κ1) is 22.9. The molecule has 0 saturated heterocycles. The van der Waals surface area contributed by atoms with Crippen molar-refractivity contribution in [2.24, 2.45) is 5.92 Å². The van der Waals surface area contributed by atoms with E-state index in [0.717, 1.165) is 25.7 Å². The van der Waals surface area contributed by atoms with Gasteiger partial charge in [0, 0.05) is 6.54 Å². The summed E-state index contributed by atoms with van der Waals surface area (Å²) < 4.78 is 0. The van der Waals surface area contributed by atoms with E-state index in [1.54, 1.807) is 0 Å². The van der Waals surface area contributed by atoms with Crippen LogP contribution in [0.2, 0.25) is 0 Å². The van der Waals surface area contributed by atoms with E-state index in [9.17, 15) is 0 Å². The lowest BCUT2D eigenvalue weighted by molar-refractivity contribution is 0.0699. The van der Waals surface area contributed by atoms with Gasteiger partial charge in [0.25, 0.3) is 0 Å². The lowest BCUT2D eigenvalue weighted by Crippen LogP contribution is -2.13. The molecule has 2 nitrogen and oxygen atoms in total. The molecule has 1 radical (unpaired) electrons. The standard InChI is InChI=1S/C22H38NO/c1-7-11-21(5)18-22(6)15-10-13-19(3)12-9-14-20(4)16-17-24-23-8-2/h7,11-12,15-16,21,23H,2,8-10,13-14,17-18H2,1,3-6H3. The van der Waals surface area contributed by atoms with Gasteiger partial charge in [-0.25, -0.2) is 5.48 Å². The van der Waals surface area contributed by atoms with Crippen LogP contribution in [0.15, 0.2) is 47.1 Å². The van der Waals surface area contributed by atoms with Crippen LogP contribution in [-0.2, 0) is 4.84 Å². The van der Waals surface area contributed by atoms with E-state index >= 15 is 0 Å². The van der Waals surface area contributed by atoms with Crippen LogP contribution in [0.5, 0.6) is 0 Å². The van der Waals surface area contributed by atoms with Crippen molar-refractivity contribution < 1.29 is 4.84 Å². The highest BCUT2D eigenvalue weighted by molar-refractivity contribution is 5.07. The first-order valence-corrected chi connectivity index (χ1v) is 9.23. The topological polar surface area (TPSA) is 21.3 Å². The highest BCUT2D eigenvalue weighted by Crippen LogP contribution is 2.15. The van der Waals surface area contributed by atoms with Crippen LogP contribution in [0.25, 0.3) is 0 Å². The molecule has 0 aromatic carbocycles. The van der Waals surface area contributed by atoms with Crippen molar-refractivity contribution in [2.45, 2.75) is 66.7 Å². The summed E-state index contributed by atoms with van der Waals surface area (Å²) in [4.78, 5) is 5.18. The van der Waals surface area contributed by atoms with Crippen LogP contribution in [-0.4, -0.2) is 13.2 Å². The van der Waals surface area contributed by atoms with E-state index < -0.39 is 0 Å². The van der Waals surface area contributed by atoms with E-state index in [-0.39, 0.29) is 0 Å². The highest BCUT2D eigenvalue weighted by Gasteiger charge is 1.98. The first-order valence-electron chi connectivity index (χ1n) is 9.23. The molecular weight excluding hydrogens is 294 g/mol. The summed E-state index contributed by atoms with van der Waals surface area (Å²) in [5, 5.41) is 0. The molecule has 0 amide bonds.